The highest BCUT2D eigenvalue weighted by Gasteiger charge is 2.03. The molecule has 0 saturated carbocycles. The molecule has 0 saturated heterocycles. The molecule has 3 aromatic rings. The van der Waals surface area contributed by atoms with Gasteiger partial charge in [-0.1, -0.05) is 12.1 Å². The molecular formula is C14H13N3S. The first-order chi connectivity index (χ1) is 8.81. The molecule has 90 valence electrons. The van der Waals surface area contributed by atoms with Crippen molar-refractivity contribution in [2.24, 2.45) is 0 Å². The third-order valence-electron chi connectivity index (χ3n) is 2.81. The summed E-state index contributed by atoms with van der Waals surface area (Å²) >= 11 is 1.76. The van der Waals surface area contributed by atoms with Gasteiger partial charge in [0.2, 0.25) is 0 Å². The minimum atomic E-state index is 0.580. The van der Waals surface area contributed by atoms with E-state index >= 15 is 0 Å². The van der Waals surface area contributed by atoms with Crippen molar-refractivity contribution in [1.29, 1.82) is 0 Å². The van der Waals surface area contributed by atoms with Gasteiger partial charge in [0.25, 0.3) is 0 Å². The van der Waals surface area contributed by atoms with E-state index in [1.165, 1.54) is 15.3 Å². The van der Waals surface area contributed by atoms with Crippen molar-refractivity contribution in [3.63, 3.8) is 0 Å². The van der Waals surface area contributed by atoms with Gasteiger partial charge in [0.15, 0.2) is 0 Å². The smallest absolute Gasteiger partial charge is 0.123 e. The van der Waals surface area contributed by atoms with E-state index in [1.54, 1.807) is 17.5 Å². The Morgan fingerprint density at radius 2 is 2.00 bits per heavy atom. The van der Waals surface area contributed by atoms with Crippen molar-refractivity contribution in [2.75, 3.05) is 5.73 Å². The largest absolute Gasteiger partial charge is 0.384 e. The van der Waals surface area contributed by atoms with Gasteiger partial charge in [-0.25, -0.2) is 9.97 Å². The summed E-state index contributed by atoms with van der Waals surface area (Å²) in [5.41, 5.74) is 7.96. The number of rotatable bonds is 3. The van der Waals surface area contributed by atoms with Crippen LogP contribution in [0.2, 0.25) is 0 Å². The molecule has 0 aliphatic carbocycles. The van der Waals surface area contributed by atoms with Crippen LogP contribution in [0.4, 0.5) is 5.82 Å². The molecule has 0 radical (unpaired) electrons. The van der Waals surface area contributed by atoms with E-state index in [2.05, 4.69) is 22.1 Å². The van der Waals surface area contributed by atoms with Gasteiger partial charge in [-0.05, 0) is 36.2 Å². The molecule has 0 bridgehead atoms. The van der Waals surface area contributed by atoms with E-state index in [9.17, 15) is 0 Å². The number of anilines is 1. The maximum absolute atomic E-state index is 5.66. The number of aromatic nitrogens is 2. The summed E-state index contributed by atoms with van der Waals surface area (Å²) in [5, 5.41) is 1.17. The lowest BCUT2D eigenvalue weighted by molar-refractivity contribution is 0.946. The fourth-order valence-electron chi connectivity index (χ4n) is 1.93. The van der Waals surface area contributed by atoms with Gasteiger partial charge in [0.05, 0.1) is 15.2 Å². The van der Waals surface area contributed by atoms with Crippen LogP contribution in [0.1, 0.15) is 10.6 Å². The highest BCUT2D eigenvalue weighted by Crippen LogP contribution is 2.22. The average molecular weight is 255 g/mol. The molecular weight excluding hydrogens is 242 g/mol. The standard InChI is InChI=1S/C14H13N3S/c15-13-9-10(7-8-16-13)5-6-14-17-11-3-1-2-4-12(11)18-14/h1-4,7-9H,5-6H2,(H2,15,16). The Labute approximate surface area is 109 Å². The van der Waals surface area contributed by atoms with Gasteiger partial charge < -0.3 is 5.73 Å². The van der Waals surface area contributed by atoms with Gasteiger partial charge in [-0.3, -0.25) is 0 Å². The lowest BCUT2D eigenvalue weighted by atomic mass is 10.1. The Bertz CT molecular complexity index is 642. The molecule has 0 aliphatic heterocycles. The van der Waals surface area contributed by atoms with Crippen LogP contribution < -0.4 is 5.73 Å². The predicted octanol–water partition coefficient (Wildman–Crippen LogP) is 3.06. The summed E-state index contributed by atoms with van der Waals surface area (Å²) in [6.45, 7) is 0. The second kappa shape index (κ2) is 4.74. The number of nitrogen functional groups attached to an aromatic ring is 1. The van der Waals surface area contributed by atoms with E-state index in [-0.39, 0.29) is 0 Å². The first-order valence-electron chi connectivity index (χ1n) is 5.86. The number of thiazole rings is 1. The average Bonchev–Trinajstić information content (AvgIpc) is 2.79. The van der Waals surface area contributed by atoms with Crippen LogP contribution in [0.3, 0.4) is 0 Å². The van der Waals surface area contributed by atoms with Gasteiger partial charge in [0.1, 0.15) is 5.82 Å². The number of aryl methyl sites for hydroxylation is 2. The Morgan fingerprint density at radius 1 is 1.11 bits per heavy atom. The van der Waals surface area contributed by atoms with Crippen LogP contribution in [0.15, 0.2) is 42.6 Å². The third-order valence-corrected chi connectivity index (χ3v) is 3.91. The molecule has 2 heterocycles. The van der Waals surface area contributed by atoms with E-state index in [1.807, 2.05) is 24.3 Å². The molecule has 0 unspecified atom stereocenters. The zero-order valence-corrected chi connectivity index (χ0v) is 10.7. The molecule has 3 rings (SSSR count). The number of nitrogens with two attached hydrogens (primary N) is 1. The Morgan fingerprint density at radius 3 is 2.83 bits per heavy atom. The number of hydrogen-bond donors (Lipinski definition) is 1. The van der Waals surface area contributed by atoms with Gasteiger partial charge in [0, 0.05) is 12.6 Å². The van der Waals surface area contributed by atoms with Gasteiger partial charge >= 0.3 is 0 Å². The molecule has 1 aromatic carbocycles. The number of nitrogens with zero attached hydrogens (tertiary/aromatic N) is 2. The maximum atomic E-state index is 5.66. The zero-order chi connectivity index (χ0) is 12.4. The van der Waals surface area contributed by atoms with Crippen LogP contribution in [0.5, 0.6) is 0 Å². The Kier molecular flexibility index (Phi) is 2.94. The fraction of sp³-hybridized carbons (Fsp3) is 0.143. The van der Waals surface area contributed by atoms with Crippen molar-refractivity contribution in [2.45, 2.75) is 12.8 Å². The first kappa shape index (κ1) is 11.2. The summed E-state index contributed by atoms with van der Waals surface area (Å²) in [6, 6.07) is 12.2. The zero-order valence-electron chi connectivity index (χ0n) is 9.84. The van der Waals surface area contributed by atoms with E-state index in [0.717, 1.165) is 18.4 Å². The lowest BCUT2D eigenvalue weighted by Gasteiger charge is -1.99. The van der Waals surface area contributed by atoms with Crippen molar-refractivity contribution in [3.8, 4) is 0 Å². The van der Waals surface area contributed by atoms with Gasteiger partial charge in [-0.2, -0.15) is 0 Å². The maximum Gasteiger partial charge on any atom is 0.123 e. The molecule has 2 N–H and O–H groups in total. The summed E-state index contributed by atoms with van der Waals surface area (Å²) in [6.07, 6.45) is 3.65. The van der Waals surface area contributed by atoms with Crippen LogP contribution in [0.25, 0.3) is 10.2 Å². The quantitative estimate of drug-likeness (QED) is 0.782. The van der Waals surface area contributed by atoms with Crippen LogP contribution in [0, 0.1) is 0 Å². The number of benzene rings is 1. The summed E-state index contributed by atoms with van der Waals surface area (Å²) in [5.74, 6) is 0.580. The van der Waals surface area contributed by atoms with E-state index in [4.69, 9.17) is 5.73 Å². The summed E-state index contributed by atoms with van der Waals surface area (Å²) < 4.78 is 1.25. The molecule has 2 aromatic heterocycles. The Hall–Kier alpha value is -1.94. The minimum absolute atomic E-state index is 0.580. The van der Waals surface area contributed by atoms with E-state index in [0.29, 0.717) is 5.82 Å². The van der Waals surface area contributed by atoms with Crippen LogP contribution in [-0.2, 0) is 12.8 Å². The second-order valence-corrected chi connectivity index (χ2v) is 5.28. The van der Waals surface area contributed by atoms with Crippen molar-refractivity contribution < 1.29 is 0 Å². The molecule has 0 fully saturated rings. The van der Waals surface area contributed by atoms with Crippen molar-refractivity contribution >= 4 is 27.4 Å². The fourth-order valence-corrected chi connectivity index (χ4v) is 2.89. The molecule has 4 heteroatoms. The molecule has 0 aliphatic rings. The molecule has 18 heavy (non-hydrogen) atoms. The van der Waals surface area contributed by atoms with Crippen LogP contribution in [-0.4, -0.2) is 9.97 Å². The lowest BCUT2D eigenvalue weighted by Crippen LogP contribution is -1.94. The molecule has 0 spiro atoms. The molecule has 0 atom stereocenters. The molecule has 0 amide bonds. The first-order valence-corrected chi connectivity index (χ1v) is 6.68. The van der Waals surface area contributed by atoms with Crippen molar-refractivity contribution in [3.05, 3.63) is 53.2 Å². The van der Waals surface area contributed by atoms with Gasteiger partial charge in [-0.15, -0.1) is 11.3 Å². The predicted molar refractivity (Wildman–Crippen MR) is 75.7 cm³/mol. The Balaban J connectivity index is 1.76. The topological polar surface area (TPSA) is 51.8 Å². The number of hydrogen-bond acceptors (Lipinski definition) is 4. The number of pyridine rings is 1. The SMILES string of the molecule is Nc1cc(CCc2nc3ccccc3s2)ccn1. The third kappa shape index (κ3) is 2.33. The monoisotopic (exact) mass is 255 g/mol. The van der Waals surface area contributed by atoms with Crippen molar-refractivity contribution in [1.82, 2.24) is 9.97 Å². The highest BCUT2D eigenvalue weighted by molar-refractivity contribution is 7.18. The summed E-state index contributed by atoms with van der Waals surface area (Å²) in [4.78, 5) is 8.62. The molecule has 3 nitrogen and oxygen atoms in total. The number of fused-ring (bicyclic) bond motifs is 1. The highest BCUT2D eigenvalue weighted by atomic mass is 32.1. The van der Waals surface area contributed by atoms with Crippen LogP contribution >= 0.6 is 11.3 Å². The second-order valence-electron chi connectivity index (χ2n) is 4.16. The summed E-state index contributed by atoms with van der Waals surface area (Å²) in [7, 11) is 0. The minimum Gasteiger partial charge on any atom is -0.384 e. The normalized spacial score (nSPS) is 10.9. The van der Waals surface area contributed by atoms with E-state index < -0.39 is 0 Å². The number of para-hydroxylation sites is 1.